The molecule has 12 aromatic rings. The Hall–Kier alpha value is -8.46. The zero-order chi connectivity index (χ0) is 69.3. The Morgan fingerprint density at radius 3 is 1.33 bits per heavy atom. The second-order valence-corrected chi connectivity index (χ2v) is 29.9. The Balaban J connectivity index is 0.000000113. The average molecular weight is 1290 g/mol. The van der Waals surface area contributed by atoms with Gasteiger partial charge in [0.2, 0.25) is 0 Å². The average Bonchev–Trinajstić information content (AvgIpc) is 1.61. The van der Waals surface area contributed by atoms with Crippen molar-refractivity contribution >= 4 is 43.2 Å². The molecule has 0 spiro atoms. The molecule has 0 saturated heterocycles. The molecule has 0 amide bonds. The fraction of sp³-hybridized carbons (Fsp3) is 0.354. The Kier molecular flexibility index (Phi) is 23.2. The van der Waals surface area contributed by atoms with Crippen molar-refractivity contribution in [1.82, 2.24) is 9.97 Å². The number of pyridine rings is 2. The SMILES string of the molecule is Cc1cc2c(cc1C)C1CCC2C1.Cc1cc2c(cc1C)CCCC2.Cc1cc2ccccc2cc1C.Cc1cc2ccccc2nc1C.Cc1ccc2c(c1C)C1CCC2C1.Cc1ccc2c(c1C)CCCC2.Cc1ccc2ccccc2c1C.Cc1ncc2ccccc2c1C. The maximum Gasteiger partial charge on any atom is 0.0705 e. The van der Waals surface area contributed by atoms with Crippen LogP contribution < -0.4 is 0 Å². The maximum atomic E-state index is 4.48. The zero-order valence-corrected chi connectivity index (χ0v) is 62.4. The van der Waals surface area contributed by atoms with Crippen LogP contribution in [0.3, 0.4) is 0 Å². The van der Waals surface area contributed by atoms with Crippen molar-refractivity contribution in [2.24, 2.45) is 0 Å². The molecule has 0 radical (unpaired) electrons. The highest BCUT2D eigenvalue weighted by atomic mass is 14.7. The molecule has 504 valence electrons. The molecule has 2 nitrogen and oxygen atoms in total. The van der Waals surface area contributed by atoms with Crippen molar-refractivity contribution in [1.29, 1.82) is 0 Å². The molecule has 98 heavy (non-hydrogen) atoms. The Labute approximate surface area is 589 Å². The van der Waals surface area contributed by atoms with Crippen LogP contribution in [0.4, 0.5) is 0 Å². The van der Waals surface area contributed by atoms with E-state index in [1.54, 1.807) is 50.1 Å². The Morgan fingerprint density at radius 1 is 0.286 bits per heavy atom. The summed E-state index contributed by atoms with van der Waals surface area (Å²) in [5.41, 5.74) is 36.5. The zero-order valence-electron chi connectivity index (χ0n) is 62.4. The van der Waals surface area contributed by atoms with Gasteiger partial charge in [-0.2, -0.15) is 0 Å². The molecule has 2 heteroatoms. The minimum atomic E-state index is 0.916. The van der Waals surface area contributed by atoms with Gasteiger partial charge < -0.3 is 0 Å². The molecule has 2 aromatic heterocycles. The summed E-state index contributed by atoms with van der Waals surface area (Å²) in [7, 11) is 0. The van der Waals surface area contributed by atoms with Crippen molar-refractivity contribution in [2.75, 3.05) is 0 Å². The molecule has 2 heterocycles. The van der Waals surface area contributed by atoms with E-state index < -0.39 is 0 Å². The van der Waals surface area contributed by atoms with Gasteiger partial charge in [0.15, 0.2) is 0 Å². The number of aryl methyl sites for hydroxylation is 17. The first kappa shape index (κ1) is 70.8. The van der Waals surface area contributed by atoms with Gasteiger partial charge in [0.1, 0.15) is 0 Å². The molecule has 6 aliphatic carbocycles. The van der Waals surface area contributed by atoms with E-state index >= 15 is 0 Å². The van der Waals surface area contributed by atoms with Gasteiger partial charge in [0.25, 0.3) is 0 Å². The summed E-state index contributed by atoms with van der Waals surface area (Å²) >= 11 is 0. The normalized spacial score (nSPS) is 16.8. The predicted octanol–water partition coefficient (Wildman–Crippen LogP) is 26.3. The first-order valence-electron chi connectivity index (χ1n) is 37.1. The summed E-state index contributed by atoms with van der Waals surface area (Å²) in [6.45, 7) is 34.9. The summed E-state index contributed by atoms with van der Waals surface area (Å²) < 4.78 is 0. The topological polar surface area (TPSA) is 25.8 Å². The van der Waals surface area contributed by atoms with Crippen LogP contribution in [-0.2, 0) is 25.7 Å². The fourth-order valence-corrected chi connectivity index (χ4v) is 16.3. The van der Waals surface area contributed by atoms with Crippen LogP contribution in [-0.4, -0.2) is 9.97 Å². The van der Waals surface area contributed by atoms with Gasteiger partial charge in [-0.1, -0.05) is 164 Å². The lowest BCUT2D eigenvalue weighted by Crippen LogP contribution is -2.05. The molecule has 4 bridgehead atoms. The van der Waals surface area contributed by atoms with E-state index in [1.165, 1.54) is 200 Å². The molecule has 6 aliphatic rings. The standard InChI is InChI=1S/2C13H16.C12H16.C12H12.C12H16.C12H12.2C11H11N/c1-8-3-6-12-10-4-5-11(7-10)13(12)9(8)2;1-8-5-12-10-3-4-11(7-10)13(12)6-9(8)2;2*1-9-7-11-5-3-4-6-12(11)8-10(9)2;2*1-9-7-8-11-5-3-4-6-12(11)10(9)2;1-8-9(2)12-7-10-5-3-4-6-11(8)10;1-8-7-10-5-3-4-6-11(10)12-9(8)2/h3,6,10-11H,4-5,7H2,1-2H3;5-6,10-11H,3-4,7H2,1-2H3;7-8H,3-6H2,1-2H3;3-8H,1-2H3;7-8H,3-6H2,1-2H3;3-8H,1-2H3;2*3-7H,1-2H3. The number of para-hydroxylation sites is 1. The lowest BCUT2D eigenvalue weighted by molar-refractivity contribution is 0.681. The van der Waals surface area contributed by atoms with Crippen LogP contribution in [0.25, 0.3) is 43.2 Å². The molecule has 2 fully saturated rings. The first-order valence-corrected chi connectivity index (χ1v) is 37.1. The molecule has 2 saturated carbocycles. The number of benzene rings is 10. The van der Waals surface area contributed by atoms with E-state index in [1.807, 2.05) is 44.3 Å². The second-order valence-electron chi connectivity index (χ2n) is 29.9. The highest BCUT2D eigenvalue weighted by molar-refractivity contribution is 5.87. The Bertz CT molecular complexity index is 4470. The maximum absolute atomic E-state index is 4.48. The number of aromatic nitrogens is 2. The van der Waals surface area contributed by atoms with Gasteiger partial charge in [0.05, 0.1) is 5.52 Å². The van der Waals surface area contributed by atoms with Crippen LogP contribution in [0.5, 0.6) is 0 Å². The van der Waals surface area contributed by atoms with E-state index in [0.29, 0.717) is 0 Å². The third-order valence-electron chi connectivity index (χ3n) is 23.5. The third kappa shape index (κ3) is 16.5. The van der Waals surface area contributed by atoms with Gasteiger partial charge >= 0.3 is 0 Å². The number of nitrogens with zero attached hydrogens (tertiary/aromatic N) is 2. The van der Waals surface area contributed by atoms with Gasteiger partial charge in [-0.25, -0.2) is 0 Å². The van der Waals surface area contributed by atoms with Gasteiger partial charge in [-0.05, 0) is 386 Å². The van der Waals surface area contributed by atoms with Crippen LogP contribution in [0.1, 0.15) is 222 Å². The molecule has 0 N–H and O–H groups in total. The quantitative estimate of drug-likeness (QED) is 0.151. The van der Waals surface area contributed by atoms with E-state index in [4.69, 9.17) is 0 Å². The van der Waals surface area contributed by atoms with Gasteiger partial charge in [-0.3, -0.25) is 9.97 Å². The van der Waals surface area contributed by atoms with Gasteiger partial charge in [-0.15, -0.1) is 0 Å². The first-order chi connectivity index (χ1) is 47.2. The van der Waals surface area contributed by atoms with Gasteiger partial charge in [0, 0.05) is 28.4 Å². The van der Waals surface area contributed by atoms with E-state index in [2.05, 4.69) is 259 Å². The summed E-state index contributed by atoms with van der Waals surface area (Å²) in [6, 6.07) is 63.4. The van der Waals surface area contributed by atoms with Crippen LogP contribution >= 0.6 is 0 Å². The number of rotatable bonds is 0. The monoisotopic (exact) mass is 1290 g/mol. The van der Waals surface area contributed by atoms with E-state index in [-0.39, 0.29) is 0 Å². The molecule has 18 rings (SSSR count). The minimum Gasteiger partial charge on any atom is -0.261 e. The van der Waals surface area contributed by atoms with Crippen LogP contribution in [0, 0.1) is 111 Å². The predicted molar refractivity (Wildman–Crippen MR) is 425 cm³/mol. The van der Waals surface area contributed by atoms with Crippen molar-refractivity contribution in [3.8, 4) is 0 Å². The van der Waals surface area contributed by atoms with Crippen LogP contribution in [0.15, 0.2) is 182 Å². The highest BCUT2D eigenvalue weighted by Gasteiger charge is 2.38. The lowest BCUT2D eigenvalue weighted by Gasteiger charge is -2.19. The number of hydrogen-bond acceptors (Lipinski definition) is 2. The molecule has 4 atom stereocenters. The van der Waals surface area contributed by atoms with E-state index in [9.17, 15) is 0 Å². The molecular weight excluding hydrogens is 1180 g/mol. The molecule has 4 unspecified atom stereocenters. The van der Waals surface area contributed by atoms with E-state index in [0.717, 1.165) is 40.6 Å². The van der Waals surface area contributed by atoms with Crippen LogP contribution in [0.2, 0.25) is 0 Å². The smallest absolute Gasteiger partial charge is 0.0705 e. The third-order valence-corrected chi connectivity index (χ3v) is 23.5. The van der Waals surface area contributed by atoms with Crippen molar-refractivity contribution in [3.63, 3.8) is 0 Å². The summed E-state index contributed by atoms with van der Waals surface area (Å²) in [4.78, 5) is 8.78. The summed E-state index contributed by atoms with van der Waals surface area (Å²) in [5.74, 6) is 3.66. The molecular formula is C96H110N2. The molecule has 10 aromatic carbocycles. The largest absolute Gasteiger partial charge is 0.261 e. The highest BCUT2D eigenvalue weighted by Crippen LogP contribution is 2.55. The summed E-state index contributed by atoms with van der Waals surface area (Å²) in [6.07, 6.45) is 21.3. The Morgan fingerprint density at radius 2 is 0.714 bits per heavy atom. The minimum absolute atomic E-state index is 0.916. The lowest BCUT2D eigenvalue weighted by atomic mass is 9.87. The number of fused-ring (bicyclic) bond motifs is 16. The fourth-order valence-electron chi connectivity index (χ4n) is 16.3. The van der Waals surface area contributed by atoms with Crippen molar-refractivity contribution in [2.45, 2.75) is 224 Å². The number of hydrogen-bond donors (Lipinski definition) is 0. The van der Waals surface area contributed by atoms with Crippen molar-refractivity contribution < 1.29 is 0 Å². The molecule has 0 aliphatic heterocycles. The summed E-state index contributed by atoms with van der Waals surface area (Å²) in [5, 5.41) is 9.13. The van der Waals surface area contributed by atoms with Crippen molar-refractivity contribution in [3.05, 3.63) is 316 Å². The second kappa shape index (κ2) is 32.0.